The number of esters is 3. The average molecular weight is 647 g/mol. The van der Waals surface area contributed by atoms with Crippen LogP contribution in [-0.2, 0) is 23.8 Å². The van der Waals surface area contributed by atoms with Crippen molar-refractivity contribution in [1.82, 2.24) is 0 Å². The molecule has 0 heterocycles. The van der Waals surface area contributed by atoms with Gasteiger partial charge in [0.05, 0.1) is 44.2 Å². The number of hydrogen-bond donors (Lipinski definition) is 0. The molecule has 1 atom stereocenters. The molecule has 0 spiro atoms. The van der Waals surface area contributed by atoms with Crippen LogP contribution in [-0.4, -0.2) is 58.1 Å². The Hall–Kier alpha value is -4.96. The van der Waals surface area contributed by atoms with Gasteiger partial charge in [-0.3, -0.25) is 0 Å². The summed E-state index contributed by atoms with van der Waals surface area (Å²) in [5.74, 6) is -1.29. The monoisotopic (exact) mass is 646 g/mol. The minimum absolute atomic E-state index is 0.0579. The van der Waals surface area contributed by atoms with Crippen LogP contribution in [0.15, 0.2) is 85.2 Å². The molecule has 0 bridgehead atoms. The van der Waals surface area contributed by atoms with Gasteiger partial charge in [-0.05, 0) is 96.5 Å². The molecular weight excluding hydrogens is 607 g/mol. The Morgan fingerprint density at radius 1 is 0.702 bits per heavy atom. The minimum Gasteiger partial charge on any atom is -0.494 e. The Bertz CT molecular complexity index is 1600. The minimum atomic E-state index is -1.12. The van der Waals surface area contributed by atoms with E-state index in [2.05, 4.69) is 20.1 Å². The molecular formula is C37H39FO9. The predicted molar refractivity (Wildman–Crippen MR) is 173 cm³/mol. The molecule has 3 aromatic rings. The molecule has 1 aliphatic carbocycles. The molecule has 47 heavy (non-hydrogen) atoms. The predicted octanol–water partition coefficient (Wildman–Crippen LogP) is 7.13. The van der Waals surface area contributed by atoms with Crippen LogP contribution in [0.5, 0.6) is 17.2 Å². The summed E-state index contributed by atoms with van der Waals surface area (Å²) in [6.45, 7) is 10.0. The first-order chi connectivity index (χ1) is 22.7. The summed E-state index contributed by atoms with van der Waals surface area (Å²) in [5.41, 5.74) is 5.07. The van der Waals surface area contributed by atoms with Gasteiger partial charge in [0, 0.05) is 13.0 Å². The standard InChI is InChI=1S/C37H39FO9/c1-24(23-42-4)35(39)45-19-7-6-18-44-30-14-16-32-31-15-9-27(21-33(31)25(2)34(32)22-30)37(41)47-29-12-10-28(11-13-29)43-17-5-8-20-46-36(40)26(3)38/h9-16,21-22,25H,1,3,5-8,17-20,23H2,2,4H3. The highest BCUT2D eigenvalue weighted by Crippen LogP contribution is 2.46. The molecule has 1 unspecified atom stereocenters. The van der Waals surface area contributed by atoms with Gasteiger partial charge in [0.2, 0.25) is 5.83 Å². The highest BCUT2D eigenvalue weighted by atomic mass is 19.1. The molecule has 10 heteroatoms. The molecule has 0 aliphatic heterocycles. The number of hydrogen-bond acceptors (Lipinski definition) is 9. The molecule has 0 saturated heterocycles. The summed E-state index contributed by atoms with van der Waals surface area (Å²) in [7, 11) is 1.50. The van der Waals surface area contributed by atoms with Crippen molar-refractivity contribution in [3.05, 3.63) is 102 Å². The van der Waals surface area contributed by atoms with Gasteiger partial charge >= 0.3 is 17.9 Å². The first-order valence-corrected chi connectivity index (χ1v) is 15.4. The van der Waals surface area contributed by atoms with Crippen LogP contribution in [0.4, 0.5) is 4.39 Å². The van der Waals surface area contributed by atoms with Crippen LogP contribution >= 0.6 is 0 Å². The zero-order chi connectivity index (χ0) is 33.8. The first kappa shape index (κ1) is 34.9. The number of rotatable bonds is 18. The number of unbranched alkanes of at least 4 members (excludes halogenated alkanes) is 2. The van der Waals surface area contributed by atoms with E-state index in [0.29, 0.717) is 49.5 Å². The Morgan fingerprint density at radius 3 is 1.87 bits per heavy atom. The van der Waals surface area contributed by atoms with Crippen LogP contribution < -0.4 is 14.2 Å². The zero-order valence-electron chi connectivity index (χ0n) is 26.7. The maximum atomic E-state index is 13.0. The van der Waals surface area contributed by atoms with E-state index in [1.807, 2.05) is 30.3 Å². The van der Waals surface area contributed by atoms with E-state index >= 15 is 0 Å². The summed E-state index contributed by atoms with van der Waals surface area (Å²) in [6, 6.07) is 18.3. The van der Waals surface area contributed by atoms with Crippen molar-refractivity contribution in [3.8, 4) is 28.4 Å². The SMILES string of the molecule is C=C(F)C(=O)OCCCCOc1ccc(OC(=O)c2ccc3c(c2)C(C)c2cc(OCCCCOC(=O)C(=C)COC)ccc2-3)cc1. The van der Waals surface area contributed by atoms with Gasteiger partial charge in [0.1, 0.15) is 17.2 Å². The Kier molecular flexibility index (Phi) is 12.7. The van der Waals surface area contributed by atoms with Crippen LogP contribution in [0, 0.1) is 0 Å². The van der Waals surface area contributed by atoms with E-state index in [1.165, 1.54) is 7.11 Å². The molecule has 4 rings (SSSR count). The number of fused-ring (bicyclic) bond motifs is 3. The lowest BCUT2D eigenvalue weighted by atomic mass is 9.98. The van der Waals surface area contributed by atoms with Gasteiger partial charge in [-0.2, -0.15) is 4.39 Å². The number of ether oxygens (including phenoxy) is 6. The molecule has 0 radical (unpaired) electrons. The van der Waals surface area contributed by atoms with Gasteiger partial charge in [0.15, 0.2) is 0 Å². The van der Waals surface area contributed by atoms with Crippen LogP contribution in [0.3, 0.4) is 0 Å². The van der Waals surface area contributed by atoms with E-state index in [-0.39, 0.29) is 31.3 Å². The first-order valence-electron chi connectivity index (χ1n) is 15.4. The van der Waals surface area contributed by atoms with Gasteiger partial charge in [-0.1, -0.05) is 32.2 Å². The third kappa shape index (κ3) is 9.76. The second-order valence-corrected chi connectivity index (χ2v) is 11.0. The topological polar surface area (TPSA) is 107 Å². The lowest BCUT2D eigenvalue weighted by Gasteiger charge is -2.11. The van der Waals surface area contributed by atoms with Crippen molar-refractivity contribution in [2.75, 3.05) is 40.1 Å². The van der Waals surface area contributed by atoms with Crippen molar-refractivity contribution in [3.63, 3.8) is 0 Å². The fourth-order valence-corrected chi connectivity index (χ4v) is 5.00. The van der Waals surface area contributed by atoms with Crippen molar-refractivity contribution in [2.24, 2.45) is 0 Å². The summed E-state index contributed by atoms with van der Waals surface area (Å²) in [5, 5.41) is 0. The van der Waals surface area contributed by atoms with E-state index in [1.54, 1.807) is 30.3 Å². The van der Waals surface area contributed by atoms with Crippen molar-refractivity contribution < 1.29 is 47.2 Å². The Morgan fingerprint density at radius 2 is 1.23 bits per heavy atom. The molecule has 0 N–H and O–H groups in total. The molecule has 0 saturated carbocycles. The van der Waals surface area contributed by atoms with Gasteiger partial charge in [-0.15, -0.1) is 0 Å². The van der Waals surface area contributed by atoms with Crippen molar-refractivity contribution in [2.45, 2.75) is 38.5 Å². The molecule has 1 aliphatic rings. The summed E-state index contributed by atoms with van der Waals surface area (Å²) in [6.07, 6.45) is 2.51. The second kappa shape index (κ2) is 17.1. The zero-order valence-corrected chi connectivity index (χ0v) is 26.7. The van der Waals surface area contributed by atoms with E-state index in [4.69, 9.17) is 28.4 Å². The summed E-state index contributed by atoms with van der Waals surface area (Å²) >= 11 is 0. The fourth-order valence-electron chi connectivity index (χ4n) is 5.00. The number of carbonyl (C=O) groups is 3. The fraction of sp³-hybridized carbons (Fsp3) is 0.324. The lowest BCUT2D eigenvalue weighted by molar-refractivity contribution is -0.141. The third-order valence-corrected chi connectivity index (χ3v) is 7.48. The van der Waals surface area contributed by atoms with E-state index < -0.39 is 23.7 Å². The van der Waals surface area contributed by atoms with Gasteiger partial charge in [0.25, 0.3) is 0 Å². The summed E-state index contributed by atoms with van der Waals surface area (Å²) in [4.78, 5) is 35.8. The number of methoxy groups -OCH3 is 1. The molecule has 9 nitrogen and oxygen atoms in total. The van der Waals surface area contributed by atoms with E-state index in [0.717, 1.165) is 34.4 Å². The molecule has 3 aromatic carbocycles. The highest BCUT2D eigenvalue weighted by molar-refractivity contribution is 5.93. The Balaban J connectivity index is 1.23. The maximum Gasteiger partial charge on any atom is 0.366 e. The van der Waals surface area contributed by atoms with Crippen LogP contribution in [0.1, 0.15) is 60.0 Å². The largest absolute Gasteiger partial charge is 0.494 e. The third-order valence-electron chi connectivity index (χ3n) is 7.48. The van der Waals surface area contributed by atoms with Crippen molar-refractivity contribution in [1.29, 1.82) is 0 Å². The average Bonchev–Trinajstić information content (AvgIpc) is 3.34. The molecule has 0 fully saturated rings. The Labute approximate surface area is 273 Å². The van der Waals surface area contributed by atoms with Crippen LogP contribution in [0.25, 0.3) is 11.1 Å². The van der Waals surface area contributed by atoms with Crippen molar-refractivity contribution >= 4 is 17.9 Å². The number of halogens is 1. The number of carbonyl (C=O) groups excluding carboxylic acids is 3. The lowest BCUT2D eigenvalue weighted by Crippen LogP contribution is -2.12. The molecule has 0 amide bonds. The highest BCUT2D eigenvalue weighted by Gasteiger charge is 2.27. The quantitative estimate of drug-likeness (QED) is 0.0618. The normalized spacial score (nSPS) is 12.8. The molecule has 248 valence electrons. The maximum absolute atomic E-state index is 13.0. The summed E-state index contributed by atoms with van der Waals surface area (Å²) < 4.78 is 44.6. The van der Waals surface area contributed by atoms with Crippen LogP contribution in [0.2, 0.25) is 0 Å². The second-order valence-electron chi connectivity index (χ2n) is 11.0. The molecule has 0 aromatic heterocycles. The van der Waals surface area contributed by atoms with E-state index in [9.17, 15) is 18.8 Å². The number of benzene rings is 3. The smallest absolute Gasteiger partial charge is 0.366 e. The van der Waals surface area contributed by atoms with Gasteiger partial charge in [-0.25, -0.2) is 14.4 Å². The van der Waals surface area contributed by atoms with Gasteiger partial charge < -0.3 is 28.4 Å².